The molecule has 0 fully saturated rings. The summed E-state index contributed by atoms with van der Waals surface area (Å²) in [7, 11) is 0. The first kappa shape index (κ1) is 22.9. The average molecular weight is 427 g/mol. The number of benzene rings is 1. The molecule has 0 aliphatic carbocycles. The fraction of sp³-hybridized carbons (Fsp3) is 0.538. The van der Waals surface area contributed by atoms with Crippen molar-refractivity contribution in [1.82, 2.24) is 9.88 Å². The zero-order valence-electron chi connectivity index (χ0n) is 19.4. The molecule has 2 heterocycles. The normalized spacial score (nSPS) is 16.1. The van der Waals surface area contributed by atoms with Crippen LogP contribution in [0.3, 0.4) is 0 Å². The lowest BCUT2D eigenvalue weighted by Gasteiger charge is -2.37. The van der Waals surface area contributed by atoms with E-state index in [1.165, 1.54) is 16.6 Å². The van der Waals surface area contributed by atoms with Gasteiger partial charge in [0, 0.05) is 44.8 Å². The fourth-order valence-electron chi connectivity index (χ4n) is 4.22. The minimum Gasteiger partial charge on any atom is -0.450 e. The van der Waals surface area contributed by atoms with E-state index in [9.17, 15) is 9.59 Å². The number of rotatable bonds is 5. The Labute approximate surface area is 188 Å². The molecule has 1 aliphatic heterocycles. The fourth-order valence-corrected chi connectivity index (χ4v) is 4.22. The van der Waals surface area contributed by atoms with Crippen LogP contribution in [-0.4, -0.2) is 33.9 Å². The van der Waals surface area contributed by atoms with Crippen LogP contribution in [0, 0.1) is 17.8 Å². The van der Waals surface area contributed by atoms with Crippen LogP contribution in [0.25, 0.3) is 10.9 Å². The summed E-state index contributed by atoms with van der Waals surface area (Å²) in [4.78, 5) is 30.4. The van der Waals surface area contributed by atoms with Gasteiger partial charge in [-0.1, -0.05) is 38.0 Å². The second kappa shape index (κ2) is 9.60. The van der Waals surface area contributed by atoms with Crippen molar-refractivity contribution in [2.24, 2.45) is 5.92 Å². The van der Waals surface area contributed by atoms with Crippen molar-refractivity contribution in [3.05, 3.63) is 35.5 Å². The maximum atomic E-state index is 13.1. The third kappa shape index (κ3) is 5.91. The Hall–Kier alpha value is -2.74. The number of nitrogens with one attached hydrogen (secondary N) is 1. The smallest absolute Gasteiger partial charge is 0.384 e. The number of esters is 1. The van der Waals surface area contributed by atoms with Gasteiger partial charge in [-0.05, 0) is 57.6 Å². The molecule has 1 unspecified atom stereocenters. The molecule has 1 atom stereocenters. The van der Waals surface area contributed by atoms with E-state index in [1.807, 2.05) is 31.7 Å². The first-order valence-electron chi connectivity index (χ1n) is 11.3. The molecule has 2 aromatic rings. The zero-order chi connectivity index (χ0) is 22.6. The number of nitrogens with zero attached hydrogens (tertiary/aromatic N) is 1. The molecule has 0 saturated heterocycles. The Balaban J connectivity index is 0.00000272. The number of H-pyrrole nitrogens is 1. The lowest BCUT2D eigenvalue weighted by atomic mass is 9.91. The highest BCUT2D eigenvalue weighted by atomic mass is 16.6. The summed E-state index contributed by atoms with van der Waals surface area (Å²) in [5.74, 6) is 5.48. The minimum atomic E-state index is -0.539. The van der Waals surface area contributed by atoms with Crippen LogP contribution in [0.15, 0.2) is 24.3 Å². The van der Waals surface area contributed by atoms with Gasteiger partial charge in [0.15, 0.2) is 0 Å². The van der Waals surface area contributed by atoms with E-state index in [0.717, 1.165) is 24.9 Å². The van der Waals surface area contributed by atoms with E-state index in [-0.39, 0.29) is 14.8 Å². The second-order valence-corrected chi connectivity index (χ2v) is 9.70. The highest BCUT2D eigenvalue weighted by Gasteiger charge is 2.33. The van der Waals surface area contributed by atoms with Gasteiger partial charge >= 0.3 is 5.97 Å². The molecule has 1 aromatic carbocycles. The standard InChI is InChI=1S/C26H34N2O3.2H2/c1-18(2)17-22-25-20(19-11-9-10-12-21(19)27-25)15-16-28(22)23(29)13-7-6-8-14-24(30)31-26(3,4)5;;/h9-12,18,22,27H,6-7,13,15-17H2,1-5H3;2*1H. The van der Waals surface area contributed by atoms with Crippen LogP contribution < -0.4 is 0 Å². The van der Waals surface area contributed by atoms with E-state index in [1.54, 1.807) is 0 Å². The molecule has 1 aromatic heterocycles. The van der Waals surface area contributed by atoms with Gasteiger partial charge < -0.3 is 14.6 Å². The van der Waals surface area contributed by atoms with Gasteiger partial charge in [-0.2, -0.15) is 0 Å². The first-order valence-corrected chi connectivity index (χ1v) is 11.3. The summed E-state index contributed by atoms with van der Waals surface area (Å²) in [5.41, 5.74) is 3.16. The van der Waals surface area contributed by atoms with Gasteiger partial charge in [0.2, 0.25) is 5.91 Å². The Bertz CT molecular complexity index is 1010. The number of aromatic nitrogens is 1. The number of carbonyl (C=O) groups excluding carboxylic acids is 2. The van der Waals surface area contributed by atoms with Crippen LogP contribution in [0.1, 0.15) is 80.5 Å². The number of hydrogen-bond donors (Lipinski definition) is 1. The Morgan fingerprint density at radius 1 is 1.29 bits per heavy atom. The molecule has 3 rings (SSSR count). The highest BCUT2D eigenvalue weighted by Crippen LogP contribution is 2.38. The first-order chi connectivity index (χ1) is 14.7. The number of para-hydroxylation sites is 1. The second-order valence-electron chi connectivity index (χ2n) is 9.70. The average Bonchev–Trinajstić information content (AvgIpc) is 3.05. The molecular formula is C26H38N2O3. The SMILES string of the molecule is CC(C)CC1c2[nH]c3ccccc3c2CCN1C(=O)CCCC#CC(=O)OC(C)(C)C.[HH].[HH]. The third-order valence-corrected chi connectivity index (χ3v) is 5.46. The Kier molecular flexibility index (Phi) is 7.10. The molecule has 31 heavy (non-hydrogen) atoms. The maximum absolute atomic E-state index is 13.1. The highest BCUT2D eigenvalue weighted by molar-refractivity contribution is 5.88. The van der Waals surface area contributed by atoms with Crippen LogP contribution in [0.2, 0.25) is 0 Å². The maximum Gasteiger partial charge on any atom is 0.384 e. The largest absolute Gasteiger partial charge is 0.450 e. The van der Waals surface area contributed by atoms with E-state index >= 15 is 0 Å². The van der Waals surface area contributed by atoms with Crippen LogP contribution in [0.4, 0.5) is 0 Å². The number of hydrogen-bond acceptors (Lipinski definition) is 3. The van der Waals surface area contributed by atoms with E-state index in [0.29, 0.717) is 25.2 Å². The van der Waals surface area contributed by atoms with Crippen molar-refractivity contribution in [3.63, 3.8) is 0 Å². The minimum absolute atomic E-state index is 0. The summed E-state index contributed by atoms with van der Waals surface area (Å²) >= 11 is 0. The Morgan fingerprint density at radius 2 is 2.03 bits per heavy atom. The van der Waals surface area contributed by atoms with Gasteiger partial charge in [0.25, 0.3) is 0 Å². The van der Waals surface area contributed by atoms with Gasteiger partial charge in [0.05, 0.1) is 6.04 Å². The number of ether oxygens (including phenoxy) is 1. The monoisotopic (exact) mass is 426 g/mol. The molecule has 0 radical (unpaired) electrons. The Morgan fingerprint density at radius 3 is 2.74 bits per heavy atom. The summed E-state index contributed by atoms with van der Waals surface area (Å²) < 4.78 is 5.18. The molecule has 0 bridgehead atoms. The molecule has 1 amide bonds. The molecule has 5 heteroatoms. The number of unbranched alkanes of at least 4 members (excludes halogenated alkanes) is 1. The topological polar surface area (TPSA) is 62.4 Å². The van der Waals surface area contributed by atoms with Gasteiger partial charge in [-0.15, -0.1) is 0 Å². The van der Waals surface area contributed by atoms with Crippen molar-refractivity contribution < 1.29 is 17.2 Å². The molecule has 170 valence electrons. The van der Waals surface area contributed by atoms with Crippen molar-refractivity contribution in [1.29, 1.82) is 0 Å². The van der Waals surface area contributed by atoms with Crippen molar-refractivity contribution >= 4 is 22.8 Å². The van der Waals surface area contributed by atoms with Gasteiger partial charge in [-0.3, -0.25) is 4.79 Å². The summed E-state index contributed by atoms with van der Waals surface area (Å²) in [6.07, 6.45) is 3.39. The van der Waals surface area contributed by atoms with E-state index < -0.39 is 11.6 Å². The van der Waals surface area contributed by atoms with Crippen LogP contribution in [0.5, 0.6) is 0 Å². The van der Waals surface area contributed by atoms with Crippen molar-refractivity contribution in [3.8, 4) is 11.8 Å². The van der Waals surface area contributed by atoms with Crippen molar-refractivity contribution in [2.75, 3.05) is 6.54 Å². The summed E-state index contributed by atoms with van der Waals surface area (Å²) in [6.45, 7) is 10.6. The number of aromatic amines is 1. The lowest BCUT2D eigenvalue weighted by Crippen LogP contribution is -2.40. The molecular weight excluding hydrogens is 388 g/mol. The molecule has 0 saturated carbocycles. The van der Waals surface area contributed by atoms with Crippen LogP contribution >= 0.6 is 0 Å². The molecule has 1 aliphatic rings. The van der Waals surface area contributed by atoms with Gasteiger partial charge in [0.1, 0.15) is 5.60 Å². The quantitative estimate of drug-likeness (QED) is 0.291. The van der Waals surface area contributed by atoms with Gasteiger partial charge in [-0.25, -0.2) is 4.79 Å². The molecule has 1 N–H and O–H groups in total. The number of fused-ring (bicyclic) bond motifs is 3. The predicted molar refractivity (Wildman–Crippen MR) is 128 cm³/mol. The third-order valence-electron chi connectivity index (χ3n) is 5.46. The van der Waals surface area contributed by atoms with Crippen LogP contribution in [-0.2, 0) is 20.7 Å². The predicted octanol–water partition coefficient (Wildman–Crippen LogP) is 5.65. The summed E-state index contributed by atoms with van der Waals surface area (Å²) in [6, 6.07) is 8.47. The van der Waals surface area contributed by atoms with E-state index in [2.05, 4.69) is 48.9 Å². The van der Waals surface area contributed by atoms with Crippen molar-refractivity contribution in [2.45, 2.75) is 78.4 Å². The summed E-state index contributed by atoms with van der Waals surface area (Å²) in [5, 5.41) is 1.27. The lowest BCUT2D eigenvalue weighted by molar-refractivity contribution is -0.147. The zero-order valence-corrected chi connectivity index (χ0v) is 19.4. The molecule has 5 nitrogen and oxygen atoms in total. The number of carbonyl (C=O) groups is 2. The number of amides is 1. The van der Waals surface area contributed by atoms with E-state index in [4.69, 9.17) is 4.74 Å². The molecule has 0 spiro atoms.